The van der Waals surface area contributed by atoms with Crippen LogP contribution in [0.2, 0.25) is 10.0 Å². The van der Waals surface area contributed by atoms with Gasteiger partial charge in [0.25, 0.3) is 0 Å². The number of hydrazone groups is 1. The Hall–Kier alpha value is -1.71. The van der Waals surface area contributed by atoms with Gasteiger partial charge < -0.3 is 4.90 Å². The third kappa shape index (κ3) is 4.39. The number of rotatable bonds is 6. The molecule has 2 aromatic carbocycles. The van der Waals surface area contributed by atoms with Crippen molar-refractivity contribution in [1.29, 1.82) is 0 Å². The maximum absolute atomic E-state index is 5.96. The Kier molecular flexibility index (Phi) is 6.10. The Bertz CT molecular complexity index is 635. The molecule has 0 fully saturated rings. The van der Waals surface area contributed by atoms with E-state index in [-0.39, 0.29) is 0 Å². The summed E-state index contributed by atoms with van der Waals surface area (Å²) in [5, 5.41) is 5.24. The van der Waals surface area contributed by atoms with Gasteiger partial charge in [0, 0.05) is 18.8 Å². The second-order valence-electron chi connectivity index (χ2n) is 4.76. The summed E-state index contributed by atoms with van der Waals surface area (Å²) in [5.74, 6) is 0. The van der Waals surface area contributed by atoms with Crippen LogP contribution < -0.4 is 10.3 Å². The summed E-state index contributed by atoms with van der Waals surface area (Å²) >= 11 is 11.8. The first-order chi connectivity index (χ1) is 10.6. The van der Waals surface area contributed by atoms with Gasteiger partial charge >= 0.3 is 0 Å². The van der Waals surface area contributed by atoms with E-state index in [1.54, 1.807) is 18.3 Å². The average Bonchev–Trinajstić information content (AvgIpc) is 2.53. The molecule has 1 N–H and O–H groups in total. The van der Waals surface area contributed by atoms with Crippen LogP contribution in [0.25, 0.3) is 0 Å². The van der Waals surface area contributed by atoms with Crippen molar-refractivity contribution < 1.29 is 0 Å². The van der Waals surface area contributed by atoms with Crippen molar-refractivity contribution in [2.24, 2.45) is 5.10 Å². The zero-order chi connectivity index (χ0) is 15.9. The molecule has 0 unspecified atom stereocenters. The molecule has 116 valence electrons. The molecule has 0 heterocycles. The summed E-state index contributed by atoms with van der Waals surface area (Å²) in [6.07, 6.45) is 1.77. The molecule has 2 aromatic rings. The van der Waals surface area contributed by atoms with E-state index in [0.29, 0.717) is 10.0 Å². The van der Waals surface area contributed by atoms with Crippen LogP contribution >= 0.6 is 23.2 Å². The van der Waals surface area contributed by atoms with E-state index in [9.17, 15) is 0 Å². The molecule has 0 atom stereocenters. The summed E-state index contributed by atoms with van der Waals surface area (Å²) in [5.41, 5.74) is 5.99. The lowest BCUT2D eigenvalue weighted by Gasteiger charge is -2.20. The minimum Gasteiger partial charge on any atom is -0.372 e. The topological polar surface area (TPSA) is 27.6 Å². The molecule has 0 amide bonds. The van der Waals surface area contributed by atoms with Crippen LogP contribution in [0.15, 0.2) is 47.6 Å². The highest BCUT2D eigenvalue weighted by atomic mass is 35.5. The molecule has 0 bridgehead atoms. The molecular weight excluding hydrogens is 317 g/mol. The summed E-state index contributed by atoms with van der Waals surface area (Å²) in [4.78, 5) is 2.30. The molecule has 0 aliphatic rings. The Labute approximate surface area is 141 Å². The molecule has 0 spiro atoms. The first kappa shape index (κ1) is 16.7. The molecule has 0 aliphatic carbocycles. The van der Waals surface area contributed by atoms with E-state index in [1.807, 2.05) is 18.2 Å². The lowest BCUT2D eigenvalue weighted by Crippen LogP contribution is -2.21. The average molecular weight is 336 g/mol. The fraction of sp³-hybridized carbons (Fsp3) is 0.235. The number of benzene rings is 2. The molecule has 0 radical (unpaired) electrons. The number of hydrogen-bond donors (Lipinski definition) is 1. The predicted octanol–water partition coefficient (Wildman–Crippen LogP) is 5.29. The Balaban J connectivity index is 1.99. The van der Waals surface area contributed by atoms with Gasteiger partial charge in [-0.15, -0.1) is 0 Å². The molecule has 0 aliphatic heterocycles. The summed E-state index contributed by atoms with van der Waals surface area (Å²) in [7, 11) is 0. The minimum atomic E-state index is 0.505. The second-order valence-corrected chi connectivity index (χ2v) is 5.58. The maximum atomic E-state index is 5.96. The van der Waals surface area contributed by atoms with Gasteiger partial charge in [0.15, 0.2) is 0 Å². The van der Waals surface area contributed by atoms with Gasteiger partial charge in [0.05, 0.1) is 21.9 Å². The lowest BCUT2D eigenvalue weighted by atomic mass is 10.2. The van der Waals surface area contributed by atoms with Crippen molar-refractivity contribution in [3.63, 3.8) is 0 Å². The van der Waals surface area contributed by atoms with Gasteiger partial charge in [-0.25, -0.2) is 0 Å². The molecule has 3 nitrogen and oxygen atoms in total. The van der Waals surface area contributed by atoms with Gasteiger partial charge in [-0.3, -0.25) is 5.43 Å². The quantitative estimate of drug-likeness (QED) is 0.574. The van der Waals surface area contributed by atoms with E-state index >= 15 is 0 Å². The number of hydrogen-bond acceptors (Lipinski definition) is 3. The predicted molar refractivity (Wildman–Crippen MR) is 97.7 cm³/mol. The number of nitrogens with one attached hydrogen (secondary N) is 1. The maximum Gasteiger partial charge on any atom is 0.0613 e. The fourth-order valence-corrected chi connectivity index (χ4v) is 2.41. The first-order valence-corrected chi connectivity index (χ1v) is 7.98. The van der Waals surface area contributed by atoms with Crippen LogP contribution in [0.5, 0.6) is 0 Å². The highest BCUT2D eigenvalue weighted by molar-refractivity contribution is 6.42. The smallest absolute Gasteiger partial charge is 0.0613 e. The van der Waals surface area contributed by atoms with Crippen molar-refractivity contribution >= 4 is 40.8 Å². The second kappa shape index (κ2) is 8.06. The highest BCUT2D eigenvalue weighted by Gasteiger charge is 2.00. The van der Waals surface area contributed by atoms with E-state index in [4.69, 9.17) is 23.2 Å². The minimum absolute atomic E-state index is 0.505. The van der Waals surface area contributed by atoms with Crippen LogP contribution in [0.1, 0.15) is 19.4 Å². The van der Waals surface area contributed by atoms with Crippen molar-refractivity contribution in [3.8, 4) is 0 Å². The van der Waals surface area contributed by atoms with Crippen LogP contribution in [0.4, 0.5) is 11.4 Å². The SMILES string of the molecule is CCN(CC)c1ccc(/C=N\Nc2ccc(Cl)c(Cl)c2)cc1. The van der Waals surface area contributed by atoms with E-state index in [1.165, 1.54) is 5.69 Å². The van der Waals surface area contributed by atoms with E-state index in [2.05, 4.69) is 41.4 Å². The van der Waals surface area contributed by atoms with E-state index in [0.717, 1.165) is 24.3 Å². The van der Waals surface area contributed by atoms with E-state index < -0.39 is 0 Å². The lowest BCUT2D eigenvalue weighted by molar-refractivity contribution is 0.866. The molecule has 0 saturated carbocycles. The van der Waals surface area contributed by atoms with Crippen LogP contribution in [-0.4, -0.2) is 19.3 Å². The van der Waals surface area contributed by atoms with Crippen molar-refractivity contribution in [3.05, 3.63) is 58.1 Å². The van der Waals surface area contributed by atoms with Gasteiger partial charge in [0.2, 0.25) is 0 Å². The zero-order valence-electron chi connectivity index (χ0n) is 12.7. The first-order valence-electron chi connectivity index (χ1n) is 7.23. The normalized spacial score (nSPS) is 10.9. The third-order valence-electron chi connectivity index (χ3n) is 3.35. The molecule has 0 saturated heterocycles. The fourth-order valence-electron chi connectivity index (χ4n) is 2.11. The standard InChI is InChI=1S/C17H19Cl2N3/c1-3-22(4-2)15-8-5-13(6-9-15)12-20-21-14-7-10-16(18)17(19)11-14/h5-12,21H,3-4H2,1-2H3/b20-12-. The molecule has 22 heavy (non-hydrogen) atoms. The summed E-state index contributed by atoms with van der Waals surface area (Å²) in [6, 6.07) is 13.6. The number of halogens is 2. The van der Waals surface area contributed by atoms with Gasteiger partial charge in [-0.05, 0) is 49.7 Å². The number of nitrogens with zero attached hydrogens (tertiary/aromatic N) is 2. The van der Waals surface area contributed by atoms with Gasteiger partial charge in [-0.2, -0.15) is 5.10 Å². The Morgan fingerprint density at radius 2 is 1.68 bits per heavy atom. The monoisotopic (exact) mass is 335 g/mol. The van der Waals surface area contributed by atoms with Crippen LogP contribution in [-0.2, 0) is 0 Å². The van der Waals surface area contributed by atoms with Gasteiger partial charge in [0.1, 0.15) is 0 Å². The highest BCUT2D eigenvalue weighted by Crippen LogP contribution is 2.24. The van der Waals surface area contributed by atoms with Crippen molar-refractivity contribution in [2.45, 2.75) is 13.8 Å². The van der Waals surface area contributed by atoms with Crippen molar-refractivity contribution in [2.75, 3.05) is 23.4 Å². The van der Waals surface area contributed by atoms with Crippen molar-refractivity contribution in [1.82, 2.24) is 0 Å². The Morgan fingerprint density at radius 1 is 1.00 bits per heavy atom. The Morgan fingerprint density at radius 3 is 2.27 bits per heavy atom. The molecule has 0 aromatic heterocycles. The van der Waals surface area contributed by atoms with Crippen LogP contribution in [0, 0.1) is 0 Å². The third-order valence-corrected chi connectivity index (χ3v) is 4.09. The largest absolute Gasteiger partial charge is 0.372 e. The molecule has 2 rings (SSSR count). The van der Waals surface area contributed by atoms with Crippen LogP contribution in [0.3, 0.4) is 0 Å². The summed E-state index contributed by atoms with van der Waals surface area (Å²) < 4.78 is 0. The zero-order valence-corrected chi connectivity index (χ0v) is 14.2. The summed E-state index contributed by atoms with van der Waals surface area (Å²) in [6.45, 7) is 6.31. The van der Waals surface area contributed by atoms with Gasteiger partial charge in [-0.1, -0.05) is 35.3 Å². The number of anilines is 2. The molecule has 5 heteroatoms. The molecular formula is C17H19Cl2N3.